The molecule has 0 unspecified atom stereocenters. The number of hydrogen-bond donors (Lipinski definition) is 1. The lowest BCUT2D eigenvalue weighted by atomic mass is 10.0. The Labute approximate surface area is 175 Å². The molecule has 0 aliphatic heterocycles. The van der Waals surface area contributed by atoms with Gasteiger partial charge >= 0.3 is 0 Å². The lowest BCUT2D eigenvalue weighted by Crippen LogP contribution is -2.28. The first kappa shape index (κ1) is 22.5. The van der Waals surface area contributed by atoms with E-state index in [2.05, 4.69) is 4.74 Å². The van der Waals surface area contributed by atoms with Gasteiger partial charge < -0.3 is 14.3 Å². The summed E-state index contributed by atoms with van der Waals surface area (Å²) in [5, 5.41) is 19.8. The monoisotopic (exact) mass is 454 g/mol. The van der Waals surface area contributed by atoms with E-state index in [0.29, 0.717) is 4.57 Å². The molecule has 7 nitrogen and oxygen atoms in total. The van der Waals surface area contributed by atoms with E-state index in [1.807, 2.05) is 0 Å². The van der Waals surface area contributed by atoms with Gasteiger partial charge in [0.05, 0.1) is 18.4 Å². The average molecular weight is 454 g/mol. The van der Waals surface area contributed by atoms with E-state index >= 15 is 0 Å². The molecule has 0 atom stereocenters. The third-order valence-electron chi connectivity index (χ3n) is 4.49. The minimum Gasteiger partial charge on any atom is -0.494 e. The Balaban J connectivity index is 2.02. The van der Waals surface area contributed by atoms with Gasteiger partial charge in [0.1, 0.15) is 17.4 Å². The van der Waals surface area contributed by atoms with Gasteiger partial charge in [-0.25, -0.2) is 13.2 Å². The molecule has 3 rings (SSSR count). The Kier molecular flexibility index (Phi) is 6.02. The van der Waals surface area contributed by atoms with Crippen LogP contribution in [0.15, 0.2) is 27.6 Å². The number of nitriles is 1. The van der Waals surface area contributed by atoms with Crippen LogP contribution in [0.4, 0.5) is 22.0 Å². The van der Waals surface area contributed by atoms with Crippen LogP contribution >= 0.6 is 0 Å². The first-order valence-corrected chi connectivity index (χ1v) is 8.66. The fourth-order valence-corrected chi connectivity index (χ4v) is 2.91. The maximum absolute atomic E-state index is 13.8. The predicted octanol–water partition coefficient (Wildman–Crippen LogP) is 3.33. The van der Waals surface area contributed by atoms with Crippen LogP contribution in [0.5, 0.6) is 11.6 Å². The van der Waals surface area contributed by atoms with Gasteiger partial charge in [-0.2, -0.15) is 14.0 Å². The second-order valence-corrected chi connectivity index (χ2v) is 6.39. The molecule has 0 saturated heterocycles. The maximum atomic E-state index is 13.8. The van der Waals surface area contributed by atoms with Crippen molar-refractivity contribution in [2.45, 2.75) is 13.5 Å². The zero-order chi connectivity index (χ0) is 23.7. The van der Waals surface area contributed by atoms with Crippen molar-refractivity contribution in [3.05, 3.63) is 80.3 Å². The smallest absolute Gasteiger partial charge is 0.271 e. The van der Waals surface area contributed by atoms with Crippen LogP contribution in [0, 0.1) is 47.3 Å². The number of nitrogens with zero attached hydrogens (tertiary/aromatic N) is 2. The number of Topliss-reactive ketones (excluding diaryl/α,β-unsaturated/α-hetero) is 1. The summed E-state index contributed by atoms with van der Waals surface area (Å²) in [5.74, 6) is -15.2. The molecular weight excluding hydrogens is 443 g/mol. The number of ether oxygens (including phenoxy) is 1. The summed E-state index contributed by atoms with van der Waals surface area (Å²) >= 11 is 0. The summed E-state index contributed by atoms with van der Waals surface area (Å²) in [4.78, 5) is 25.1. The van der Waals surface area contributed by atoms with E-state index < -0.39 is 69.8 Å². The largest absolute Gasteiger partial charge is 0.494 e. The molecule has 12 heteroatoms. The van der Waals surface area contributed by atoms with Crippen molar-refractivity contribution in [2.75, 3.05) is 6.61 Å². The third kappa shape index (κ3) is 3.68. The second kappa shape index (κ2) is 8.54. The second-order valence-electron chi connectivity index (χ2n) is 6.39. The molecule has 0 saturated carbocycles. The number of aromatic hydroxyl groups is 1. The average Bonchev–Trinajstić information content (AvgIpc) is 3.27. The summed E-state index contributed by atoms with van der Waals surface area (Å²) in [6.07, 6.45) is 1.28. The molecule has 0 aliphatic rings. The number of furan rings is 1. The van der Waals surface area contributed by atoms with Crippen LogP contribution < -0.4 is 10.3 Å². The maximum Gasteiger partial charge on any atom is 0.271 e. The van der Waals surface area contributed by atoms with E-state index in [0.717, 1.165) is 6.92 Å². The Morgan fingerprint density at radius 2 is 1.75 bits per heavy atom. The van der Waals surface area contributed by atoms with E-state index in [-0.39, 0.29) is 17.9 Å². The van der Waals surface area contributed by atoms with Crippen molar-refractivity contribution < 1.29 is 41.0 Å². The normalized spacial score (nSPS) is 10.8. The standard InChI is InChI=1S/C20H11F5N2O5/c1-8-10(5-26)19(29)27(6-9-3-2-4-31-9)20(30)12(8)11(28)7-32-18-16(24)14(22)13(21)15(23)17(18)25/h2-4,30H,6-7H2,1H3. The fraction of sp³-hybridized carbons (Fsp3) is 0.150. The van der Waals surface area contributed by atoms with Gasteiger partial charge in [0, 0.05) is 0 Å². The Bertz CT molecular complexity index is 1300. The Morgan fingerprint density at radius 1 is 1.16 bits per heavy atom. The number of benzene rings is 1. The molecule has 0 bridgehead atoms. The lowest BCUT2D eigenvalue weighted by Gasteiger charge is -2.15. The van der Waals surface area contributed by atoms with Gasteiger partial charge in [-0.1, -0.05) is 0 Å². The first-order chi connectivity index (χ1) is 15.1. The van der Waals surface area contributed by atoms with Crippen LogP contribution in [0.1, 0.15) is 27.2 Å². The van der Waals surface area contributed by atoms with Gasteiger partial charge in [-0.05, 0) is 24.6 Å². The number of halogens is 5. The molecule has 3 aromatic rings. The van der Waals surface area contributed by atoms with Crippen molar-refractivity contribution in [1.29, 1.82) is 5.26 Å². The molecule has 0 spiro atoms. The highest BCUT2D eigenvalue weighted by atomic mass is 19.2. The lowest BCUT2D eigenvalue weighted by molar-refractivity contribution is 0.0908. The third-order valence-corrected chi connectivity index (χ3v) is 4.49. The highest BCUT2D eigenvalue weighted by Crippen LogP contribution is 2.30. The van der Waals surface area contributed by atoms with Gasteiger partial charge in [0.25, 0.3) is 5.56 Å². The number of carbonyl (C=O) groups is 1. The highest BCUT2D eigenvalue weighted by molar-refractivity contribution is 6.01. The van der Waals surface area contributed by atoms with Gasteiger partial charge in [-0.3, -0.25) is 14.2 Å². The van der Waals surface area contributed by atoms with Crippen LogP contribution in [0.25, 0.3) is 0 Å². The van der Waals surface area contributed by atoms with Crippen molar-refractivity contribution in [2.24, 2.45) is 0 Å². The minimum atomic E-state index is -2.41. The van der Waals surface area contributed by atoms with Crippen LogP contribution in [-0.4, -0.2) is 22.1 Å². The summed E-state index contributed by atoms with van der Waals surface area (Å²) in [7, 11) is 0. The van der Waals surface area contributed by atoms with Crippen LogP contribution in [0.3, 0.4) is 0 Å². The SMILES string of the molecule is Cc1c(C(=O)COc2c(F)c(F)c(F)c(F)c2F)c(O)n(Cc2ccco2)c(=O)c1C#N. The molecule has 0 radical (unpaired) electrons. The summed E-state index contributed by atoms with van der Waals surface area (Å²) < 4.78 is 77.5. The van der Waals surface area contributed by atoms with Crippen LogP contribution in [0.2, 0.25) is 0 Å². The first-order valence-electron chi connectivity index (χ1n) is 8.66. The molecule has 2 aromatic heterocycles. The molecule has 0 fully saturated rings. The number of pyridine rings is 1. The van der Waals surface area contributed by atoms with E-state index in [4.69, 9.17) is 4.42 Å². The summed E-state index contributed by atoms with van der Waals surface area (Å²) in [5.41, 5.74) is -2.35. The van der Waals surface area contributed by atoms with Crippen molar-refractivity contribution in [1.82, 2.24) is 4.57 Å². The number of hydrogen-bond acceptors (Lipinski definition) is 6. The summed E-state index contributed by atoms with van der Waals surface area (Å²) in [6.45, 7) is -0.496. The number of ketones is 1. The Hall–Kier alpha value is -4.14. The van der Waals surface area contributed by atoms with Crippen LogP contribution in [-0.2, 0) is 6.54 Å². The molecule has 0 amide bonds. The van der Waals surface area contributed by atoms with Gasteiger partial charge in [0.2, 0.25) is 40.7 Å². The van der Waals surface area contributed by atoms with E-state index in [1.54, 1.807) is 6.07 Å². The molecular formula is C20H11F5N2O5. The molecule has 0 aliphatic carbocycles. The Morgan fingerprint density at radius 3 is 2.28 bits per heavy atom. The molecule has 166 valence electrons. The minimum absolute atomic E-state index is 0.186. The zero-order valence-corrected chi connectivity index (χ0v) is 16.0. The van der Waals surface area contributed by atoms with Crippen molar-refractivity contribution in [3.8, 4) is 17.7 Å². The van der Waals surface area contributed by atoms with Crippen molar-refractivity contribution in [3.63, 3.8) is 0 Å². The number of aromatic nitrogens is 1. The quantitative estimate of drug-likeness (QED) is 0.265. The van der Waals surface area contributed by atoms with E-state index in [9.17, 15) is 41.9 Å². The zero-order valence-electron chi connectivity index (χ0n) is 16.0. The fourth-order valence-electron chi connectivity index (χ4n) is 2.91. The van der Waals surface area contributed by atoms with Gasteiger partial charge in [-0.15, -0.1) is 0 Å². The summed E-state index contributed by atoms with van der Waals surface area (Å²) in [6, 6.07) is 4.53. The molecule has 32 heavy (non-hydrogen) atoms. The molecule has 2 heterocycles. The predicted molar refractivity (Wildman–Crippen MR) is 95.7 cm³/mol. The highest BCUT2D eigenvalue weighted by Gasteiger charge is 2.29. The number of carbonyl (C=O) groups excluding carboxylic acids is 1. The topological polar surface area (TPSA) is 105 Å². The van der Waals surface area contributed by atoms with E-state index in [1.165, 1.54) is 18.4 Å². The van der Waals surface area contributed by atoms with Crippen molar-refractivity contribution >= 4 is 5.78 Å². The molecule has 1 N–H and O–H groups in total. The molecule has 1 aromatic carbocycles. The number of rotatable bonds is 6. The van der Waals surface area contributed by atoms with Gasteiger partial charge in [0.15, 0.2) is 12.4 Å².